The van der Waals surface area contributed by atoms with Gasteiger partial charge in [0.05, 0.1) is 4.90 Å². The van der Waals surface area contributed by atoms with Crippen molar-refractivity contribution in [2.75, 3.05) is 16.2 Å². The number of amides is 1. The summed E-state index contributed by atoms with van der Waals surface area (Å²) < 4.78 is 41.7. The molecule has 7 heteroatoms. The lowest BCUT2D eigenvalue weighted by Crippen LogP contribution is -2.35. The first-order valence-corrected chi connectivity index (χ1v) is 11.5. The molecule has 0 saturated heterocycles. The number of nitrogens with one attached hydrogen (secondary N) is 1. The van der Waals surface area contributed by atoms with Crippen LogP contribution in [0.4, 0.5) is 15.8 Å². The summed E-state index contributed by atoms with van der Waals surface area (Å²) >= 11 is 0. The largest absolute Gasteiger partial charge is 0.308 e. The van der Waals surface area contributed by atoms with Gasteiger partial charge in [-0.2, -0.15) is 0 Å². The highest BCUT2D eigenvalue weighted by molar-refractivity contribution is 7.92. The Hall–Kier alpha value is -3.19. The fourth-order valence-electron chi connectivity index (χ4n) is 3.72. The van der Waals surface area contributed by atoms with E-state index in [2.05, 4.69) is 4.72 Å². The van der Waals surface area contributed by atoms with Gasteiger partial charge >= 0.3 is 0 Å². The van der Waals surface area contributed by atoms with E-state index in [0.717, 1.165) is 16.7 Å². The second-order valence-corrected chi connectivity index (χ2v) is 9.44. The van der Waals surface area contributed by atoms with E-state index in [1.807, 2.05) is 19.9 Å². The van der Waals surface area contributed by atoms with E-state index in [1.165, 1.54) is 30.3 Å². The Morgan fingerprint density at radius 1 is 0.968 bits per heavy atom. The van der Waals surface area contributed by atoms with Gasteiger partial charge in [0.25, 0.3) is 15.9 Å². The van der Waals surface area contributed by atoms with E-state index in [9.17, 15) is 17.6 Å². The molecule has 0 spiro atoms. The van der Waals surface area contributed by atoms with Crippen molar-refractivity contribution in [2.45, 2.75) is 31.6 Å². The molecule has 5 nitrogen and oxygen atoms in total. The van der Waals surface area contributed by atoms with Crippen molar-refractivity contribution in [3.63, 3.8) is 0 Å². The van der Waals surface area contributed by atoms with Crippen LogP contribution in [0.15, 0.2) is 65.6 Å². The lowest BCUT2D eigenvalue weighted by molar-refractivity contribution is 0.0985. The van der Waals surface area contributed by atoms with Gasteiger partial charge in [-0.1, -0.05) is 6.07 Å². The van der Waals surface area contributed by atoms with Gasteiger partial charge in [-0.05, 0) is 98.0 Å². The summed E-state index contributed by atoms with van der Waals surface area (Å²) in [6, 6.07) is 15.6. The topological polar surface area (TPSA) is 66.5 Å². The maximum Gasteiger partial charge on any atom is 0.261 e. The minimum Gasteiger partial charge on any atom is -0.308 e. The second kappa shape index (κ2) is 8.15. The van der Waals surface area contributed by atoms with Crippen molar-refractivity contribution in [1.29, 1.82) is 0 Å². The maximum atomic E-state index is 13.2. The van der Waals surface area contributed by atoms with Gasteiger partial charge in [0.15, 0.2) is 0 Å². The molecule has 4 rings (SSSR count). The molecule has 1 heterocycles. The Morgan fingerprint density at radius 3 is 2.42 bits per heavy atom. The van der Waals surface area contributed by atoms with Crippen molar-refractivity contribution in [1.82, 2.24) is 0 Å². The summed E-state index contributed by atoms with van der Waals surface area (Å²) in [6.45, 7) is 4.42. The molecule has 0 aliphatic carbocycles. The first kappa shape index (κ1) is 21.1. The number of halogens is 1. The summed E-state index contributed by atoms with van der Waals surface area (Å²) in [4.78, 5) is 14.7. The quantitative estimate of drug-likeness (QED) is 0.634. The average Bonchev–Trinajstić information content (AvgIpc) is 2.75. The highest BCUT2D eigenvalue weighted by Crippen LogP contribution is 2.31. The minimum atomic E-state index is -3.77. The number of benzene rings is 3. The Morgan fingerprint density at radius 2 is 1.71 bits per heavy atom. The zero-order valence-electron chi connectivity index (χ0n) is 17.4. The molecule has 0 radical (unpaired) electrons. The first-order chi connectivity index (χ1) is 14.7. The van der Waals surface area contributed by atoms with E-state index < -0.39 is 15.8 Å². The zero-order chi connectivity index (χ0) is 22.2. The molecular formula is C24H23FN2O3S. The average molecular weight is 439 g/mol. The molecule has 0 fully saturated rings. The molecule has 0 aromatic heterocycles. The molecule has 0 bridgehead atoms. The molecule has 1 aliphatic heterocycles. The summed E-state index contributed by atoms with van der Waals surface area (Å²) in [5.74, 6) is -0.633. The lowest BCUT2D eigenvalue weighted by Gasteiger charge is -2.30. The van der Waals surface area contributed by atoms with Crippen LogP contribution in [0.1, 0.15) is 33.5 Å². The molecule has 0 unspecified atom stereocenters. The standard InChI is InChI=1S/C24H23FN2O3S/c1-16-5-10-21(14-17(16)2)26-31(29,30)22-11-12-23-19(15-22)4-3-13-27(23)24(28)18-6-8-20(25)9-7-18/h5-12,14-15,26H,3-4,13H2,1-2H3. The van der Waals surface area contributed by atoms with E-state index >= 15 is 0 Å². The van der Waals surface area contributed by atoms with Crippen LogP contribution in [0.25, 0.3) is 0 Å². The van der Waals surface area contributed by atoms with Crippen LogP contribution >= 0.6 is 0 Å². The molecular weight excluding hydrogens is 415 g/mol. The van der Waals surface area contributed by atoms with Crippen molar-refractivity contribution in [3.05, 3.63) is 88.7 Å². The maximum absolute atomic E-state index is 13.2. The zero-order valence-corrected chi connectivity index (χ0v) is 18.2. The number of fused-ring (bicyclic) bond motifs is 1. The predicted molar refractivity (Wildman–Crippen MR) is 120 cm³/mol. The first-order valence-electron chi connectivity index (χ1n) is 10.0. The van der Waals surface area contributed by atoms with Gasteiger partial charge in [-0.3, -0.25) is 9.52 Å². The van der Waals surface area contributed by atoms with Gasteiger partial charge in [0.1, 0.15) is 5.82 Å². The Balaban J connectivity index is 1.62. The highest BCUT2D eigenvalue weighted by Gasteiger charge is 2.26. The Labute approximate surface area is 181 Å². The monoisotopic (exact) mass is 438 g/mol. The molecule has 1 amide bonds. The van der Waals surface area contributed by atoms with Gasteiger partial charge in [0, 0.05) is 23.5 Å². The molecule has 160 valence electrons. The number of carbonyl (C=O) groups is 1. The Bertz CT molecular complexity index is 1250. The van der Waals surface area contributed by atoms with E-state index in [4.69, 9.17) is 0 Å². The minimum absolute atomic E-state index is 0.153. The van der Waals surface area contributed by atoms with Crippen molar-refractivity contribution in [2.24, 2.45) is 0 Å². The summed E-state index contributed by atoms with van der Waals surface area (Å²) in [5, 5.41) is 0. The van der Waals surface area contributed by atoms with Crippen LogP contribution in [0.2, 0.25) is 0 Å². The van der Waals surface area contributed by atoms with Crippen LogP contribution in [0, 0.1) is 19.7 Å². The third kappa shape index (κ3) is 4.32. The molecule has 31 heavy (non-hydrogen) atoms. The summed E-state index contributed by atoms with van der Waals surface area (Å²) in [5.41, 5.74) is 4.47. The van der Waals surface area contributed by atoms with Crippen LogP contribution in [0.5, 0.6) is 0 Å². The number of nitrogens with zero attached hydrogens (tertiary/aromatic N) is 1. The van der Waals surface area contributed by atoms with Crippen LogP contribution in [-0.4, -0.2) is 20.9 Å². The molecule has 3 aromatic carbocycles. The Kier molecular flexibility index (Phi) is 5.54. The summed E-state index contributed by atoms with van der Waals surface area (Å²) in [7, 11) is -3.77. The molecule has 0 atom stereocenters. The number of sulfonamides is 1. The molecule has 3 aromatic rings. The van der Waals surface area contributed by atoms with Crippen LogP contribution in [-0.2, 0) is 16.4 Å². The number of anilines is 2. The molecule has 1 N–H and O–H groups in total. The number of aryl methyl sites for hydroxylation is 3. The van der Waals surface area contributed by atoms with Crippen molar-refractivity contribution >= 4 is 27.3 Å². The normalized spacial score (nSPS) is 13.6. The van der Waals surface area contributed by atoms with Gasteiger partial charge < -0.3 is 4.90 Å². The van der Waals surface area contributed by atoms with Gasteiger partial charge in [-0.25, -0.2) is 12.8 Å². The number of hydrogen-bond donors (Lipinski definition) is 1. The van der Waals surface area contributed by atoms with E-state index in [-0.39, 0.29) is 10.8 Å². The molecule has 1 aliphatic rings. The summed E-state index contributed by atoms with van der Waals surface area (Å²) in [6.07, 6.45) is 1.39. The van der Waals surface area contributed by atoms with Crippen molar-refractivity contribution in [3.8, 4) is 0 Å². The smallest absolute Gasteiger partial charge is 0.261 e. The third-order valence-electron chi connectivity index (χ3n) is 5.58. The van der Waals surface area contributed by atoms with Gasteiger partial charge in [0.2, 0.25) is 0 Å². The van der Waals surface area contributed by atoms with E-state index in [0.29, 0.717) is 36.3 Å². The molecule has 0 saturated carbocycles. The predicted octanol–water partition coefficient (Wildman–Crippen LogP) is 4.84. The van der Waals surface area contributed by atoms with E-state index in [1.54, 1.807) is 29.2 Å². The van der Waals surface area contributed by atoms with Crippen LogP contribution in [0.3, 0.4) is 0 Å². The fourth-order valence-corrected chi connectivity index (χ4v) is 4.82. The highest BCUT2D eigenvalue weighted by atomic mass is 32.2. The number of carbonyl (C=O) groups excluding carboxylic acids is 1. The lowest BCUT2D eigenvalue weighted by atomic mass is 10.0. The number of hydrogen-bond acceptors (Lipinski definition) is 3. The SMILES string of the molecule is Cc1ccc(NS(=O)(=O)c2ccc3c(c2)CCCN3C(=O)c2ccc(F)cc2)cc1C. The van der Waals surface area contributed by atoms with Gasteiger partial charge in [-0.15, -0.1) is 0 Å². The van der Waals surface area contributed by atoms with Crippen LogP contribution < -0.4 is 9.62 Å². The van der Waals surface area contributed by atoms with Crippen molar-refractivity contribution < 1.29 is 17.6 Å². The third-order valence-corrected chi connectivity index (χ3v) is 6.95. The fraction of sp³-hybridized carbons (Fsp3) is 0.208. The number of rotatable bonds is 4. The second-order valence-electron chi connectivity index (χ2n) is 7.76.